The first-order valence-corrected chi connectivity index (χ1v) is 18.3. The maximum atomic E-state index is 14.3. The molecule has 49 heavy (non-hydrogen) atoms. The lowest BCUT2D eigenvalue weighted by Crippen LogP contribution is -2.60. The minimum atomic E-state index is -1.15. The Morgan fingerprint density at radius 1 is 1.10 bits per heavy atom. The highest BCUT2D eigenvalue weighted by Crippen LogP contribution is 2.38. The van der Waals surface area contributed by atoms with Gasteiger partial charge in [0.2, 0.25) is 0 Å². The number of carbonyl (C=O) groups excluding carboxylic acids is 3. The first-order valence-electron chi connectivity index (χ1n) is 18.3. The molecule has 13 atom stereocenters. The Hall–Kier alpha value is -1.87. The largest absolute Gasteiger partial charge is 0.458 e. The van der Waals surface area contributed by atoms with Gasteiger partial charge in [0.1, 0.15) is 18.1 Å². The highest BCUT2D eigenvalue weighted by atomic mass is 16.7. The van der Waals surface area contributed by atoms with Gasteiger partial charge in [-0.2, -0.15) is 0 Å². The Kier molecular flexibility index (Phi) is 13.2. The number of rotatable bonds is 9. The molecule has 3 heterocycles. The van der Waals surface area contributed by atoms with Crippen molar-refractivity contribution in [1.82, 2.24) is 20.4 Å². The highest BCUT2D eigenvalue weighted by Gasteiger charge is 2.56. The van der Waals surface area contributed by atoms with Crippen molar-refractivity contribution in [3.8, 4) is 0 Å². The van der Waals surface area contributed by atoms with Crippen LogP contribution in [-0.2, 0) is 33.3 Å². The molecule has 4 aliphatic rings. The minimum absolute atomic E-state index is 0.0450. The van der Waals surface area contributed by atoms with Crippen LogP contribution in [0.5, 0.6) is 0 Å². The lowest BCUT2D eigenvalue weighted by Gasteiger charge is -2.47. The summed E-state index contributed by atoms with van der Waals surface area (Å²) in [7, 11) is 7.46. The van der Waals surface area contributed by atoms with Crippen molar-refractivity contribution in [3.05, 3.63) is 0 Å². The van der Waals surface area contributed by atoms with Crippen LogP contribution in [0.4, 0.5) is 4.79 Å². The maximum Gasteiger partial charge on any atom is 0.408 e. The Bertz CT molecular complexity index is 1160. The number of amides is 1. The van der Waals surface area contributed by atoms with E-state index in [2.05, 4.69) is 22.5 Å². The van der Waals surface area contributed by atoms with Crippen LogP contribution in [0.1, 0.15) is 80.6 Å². The number of ether oxygens (including phenoxy) is 5. The average Bonchev–Trinajstić information content (AvgIpc) is 3.82. The quantitative estimate of drug-likeness (QED) is 0.241. The SMILES string of the molecule is CC[C@H]1OC(=O)C(C)C(=O)[C@H](C)[C@@H](O[C@@H]2O[C@H](CNCC3CC3)CC(N(C)C)[C@H]2O)[C@](C)(OC)C[C@@H](C)CN(C)[C@H](C)[C@H]2NC(=O)O[C@@]21C. The van der Waals surface area contributed by atoms with E-state index in [1.807, 2.05) is 46.8 Å². The zero-order chi connectivity index (χ0) is 36.4. The van der Waals surface area contributed by atoms with Gasteiger partial charge in [-0.05, 0) is 99.3 Å². The van der Waals surface area contributed by atoms with E-state index in [0.717, 1.165) is 6.54 Å². The summed E-state index contributed by atoms with van der Waals surface area (Å²) in [5, 5.41) is 18.1. The zero-order valence-corrected chi connectivity index (χ0v) is 31.7. The van der Waals surface area contributed by atoms with Crippen molar-refractivity contribution in [2.24, 2.45) is 23.7 Å². The standard InChI is InChI=1S/C36H64N4O9/c1-12-27-36(7)30(38-34(44)49-36)23(5)40(10)19-20(2)16-35(6,45-11)31(21(3)28(41)22(4)32(43)47-27)48-33-29(42)26(39(8)9)15-25(46-33)18-37-17-24-13-14-24/h20-27,29-31,33,37,42H,12-19H2,1-11H3,(H,38,44)/t20-,21+,22?,23-,25+,26?,27-,29-,30-,31-,33+,35-,36-/m1/s1. The van der Waals surface area contributed by atoms with Gasteiger partial charge in [0.05, 0.1) is 23.9 Å². The molecule has 13 nitrogen and oxygen atoms in total. The molecule has 3 saturated heterocycles. The number of alkyl carbamates (subject to hydrolysis) is 1. The maximum absolute atomic E-state index is 14.3. The fourth-order valence-corrected chi connectivity index (χ4v) is 8.30. The number of esters is 1. The molecule has 1 aliphatic carbocycles. The van der Waals surface area contributed by atoms with Crippen molar-refractivity contribution in [2.75, 3.05) is 47.9 Å². The van der Waals surface area contributed by atoms with Gasteiger partial charge in [0.15, 0.2) is 17.7 Å². The van der Waals surface area contributed by atoms with Gasteiger partial charge in [-0.15, -0.1) is 0 Å². The van der Waals surface area contributed by atoms with E-state index in [0.29, 0.717) is 38.3 Å². The molecular formula is C36H64N4O9. The number of Topliss-reactive ketones (excluding diaryl/α,β-unsaturated/α-hetero) is 1. The van der Waals surface area contributed by atoms with Gasteiger partial charge >= 0.3 is 12.1 Å². The summed E-state index contributed by atoms with van der Waals surface area (Å²) in [4.78, 5) is 44.7. The average molecular weight is 697 g/mol. The number of cyclic esters (lactones) is 1. The van der Waals surface area contributed by atoms with Crippen LogP contribution in [-0.4, -0.2) is 141 Å². The second-order valence-electron chi connectivity index (χ2n) is 16.0. The van der Waals surface area contributed by atoms with Crippen LogP contribution >= 0.6 is 0 Å². The van der Waals surface area contributed by atoms with Crippen molar-refractivity contribution in [1.29, 1.82) is 0 Å². The Labute approximate surface area is 293 Å². The fraction of sp³-hybridized carbons (Fsp3) is 0.917. The van der Waals surface area contributed by atoms with Crippen molar-refractivity contribution in [2.45, 2.75) is 141 Å². The third-order valence-corrected chi connectivity index (χ3v) is 11.7. The number of nitrogens with zero attached hydrogens (tertiary/aromatic N) is 2. The number of aliphatic hydroxyl groups excluding tert-OH is 1. The van der Waals surface area contributed by atoms with E-state index in [1.54, 1.807) is 27.9 Å². The van der Waals surface area contributed by atoms with Crippen LogP contribution in [0.25, 0.3) is 0 Å². The number of fused-ring (bicyclic) bond motifs is 1. The molecule has 1 amide bonds. The highest BCUT2D eigenvalue weighted by molar-refractivity contribution is 6.00. The van der Waals surface area contributed by atoms with Crippen LogP contribution < -0.4 is 10.6 Å². The molecular weight excluding hydrogens is 632 g/mol. The van der Waals surface area contributed by atoms with E-state index < -0.39 is 65.7 Å². The Morgan fingerprint density at radius 3 is 2.37 bits per heavy atom. The van der Waals surface area contributed by atoms with Gasteiger partial charge in [0, 0.05) is 38.2 Å². The summed E-state index contributed by atoms with van der Waals surface area (Å²) in [5.74, 6) is -2.29. The van der Waals surface area contributed by atoms with Crippen LogP contribution in [0.3, 0.4) is 0 Å². The normalized spacial score (nSPS) is 43.3. The smallest absolute Gasteiger partial charge is 0.408 e. The lowest BCUT2D eigenvalue weighted by atomic mass is 9.78. The predicted molar refractivity (Wildman–Crippen MR) is 184 cm³/mol. The fourth-order valence-electron chi connectivity index (χ4n) is 8.30. The summed E-state index contributed by atoms with van der Waals surface area (Å²) >= 11 is 0. The van der Waals surface area contributed by atoms with Gasteiger partial charge in [-0.3, -0.25) is 9.59 Å². The molecule has 282 valence electrons. The molecule has 0 spiro atoms. The monoisotopic (exact) mass is 696 g/mol. The molecule has 13 heteroatoms. The van der Waals surface area contributed by atoms with Crippen LogP contribution in [0, 0.1) is 23.7 Å². The van der Waals surface area contributed by atoms with Gasteiger partial charge < -0.3 is 49.2 Å². The van der Waals surface area contributed by atoms with E-state index in [9.17, 15) is 19.5 Å². The van der Waals surface area contributed by atoms with Gasteiger partial charge in [0.25, 0.3) is 0 Å². The molecule has 0 bridgehead atoms. The zero-order valence-electron chi connectivity index (χ0n) is 31.7. The van der Waals surface area contributed by atoms with E-state index in [1.165, 1.54) is 12.8 Å². The number of hydrogen-bond acceptors (Lipinski definition) is 12. The van der Waals surface area contributed by atoms with E-state index in [4.69, 9.17) is 23.7 Å². The summed E-state index contributed by atoms with van der Waals surface area (Å²) in [6, 6.07) is -0.892. The second kappa shape index (κ2) is 16.2. The first-order chi connectivity index (χ1) is 22.9. The number of carbonyl (C=O) groups is 3. The summed E-state index contributed by atoms with van der Waals surface area (Å²) in [6.07, 6.45) is -0.464. The van der Waals surface area contributed by atoms with Crippen LogP contribution in [0.2, 0.25) is 0 Å². The van der Waals surface area contributed by atoms with Crippen molar-refractivity contribution < 1.29 is 43.2 Å². The molecule has 1 saturated carbocycles. The lowest BCUT2D eigenvalue weighted by molar-refractivity contribution is -0.297. The number of likely N-dealkylation sites (N-methyl/N-ethyl adjacent to an activating group) is 2. The Balaban J connectivity index is 1.68. The number of hydrogen-bond donors (Lipinski definition) is 3. The topological polar surface area (TPSA) is 148 Å². The molecule has 3 N–H and O–H groups in total. The molecule has 3 aliphatic heterocycles. The third-order valence-electron chi connectivity index (χ3n) is 11.7. The summed E-state index contributed by atoms with van der Waals surface area (Å²) in [5.41, 5.74) is -2.16. The van der Waals surface area contributed by atoms with Crippen molar-refractivity contribution >= 4 is 17.8 Å². The second-order valence-corrected chi connectivity index (χ2v) is 16.0. The molecule has 4 fully saturated rings. The number of ketones is 1. The van der Waals surface area contributed by atoms with Gasteiger partial charge in [-0.25, -0.2) is 4.79 Å². The minimum Gasteiger partial charge on any atom is -0.458 e. The molecule has 0 aromatic rings. The number of aliphatic hydroxyl groups is 1. The molecule has 2 unspecified atom stereocenters. The number of nitrogens with one attached hydrogen (secondary N) is 2. The molecule has 0 aromatic carbocycles. The summed E-state index contributed by atoms with van der Waals surface area (Å²) < 4.78 is 31.3. The molecule has 0 aromatic heterocycles. The number of methoxy groups -OCH3 is 1. The van der Waals surface area contributed by atoms with Crippen molar-refractivity contribution in [3.63, 3.8) is 0 Å². The van der Waals surface area contributed by atoms with Crippen LogP contribution in [0.15, 0.2) is 0 Å². The third kappa shape index (κ3) is 8.96. The molecule has 4 rings (SSSR count). The van der Waals surface area contributed by atoms with E-state index >= 15 is 0 Å². The first kappa shape index (κ1) is 39.9. The van der Waals surface area contributed by atoms with Gasteiger partial charge in [-0.1, -0.05) is 20.8 Å². The molecule has 0 radical (unpaired) electrons. The predicted octanol–water partition coefficient (Wildman–Crippen LogP) is 2.57. The Morgan fingerprint density at radius 2 is 1.78 bits per heavy atom. The summed E-state index contributed by atoms with van der Waals surface area (Å²) in [6.45, 7) is 15.2. The van der Waals surface area contributed by atoms with E-state index in [-0.39, 0.29) is 29.9 Å².